The van der Waals surface area contributed by atoms with Crippen LogP contribution in [0.25, 0.3) is 0 Å². The van der Waals surface area contributed by atoms with E-state index in [2.05, 4.69) is 16.9 Å². The third-order valence-electron chi connectivity index (χ3n) is 1.62. The molecule has 0 bridgehead atoms. The molecule has 1 aromatic rings. The summed E-state index contributed by atoms with van der Waals surface area (Å²) in [4.78, 5) is 0. The second-order valence-electron chi connectivity index (χ2n) is 2.60. The van der Waals surface area contributed by atoms with Crippen molar-refractivity contribution < 1.29 is 9.84 Å². The minimum absolute atomic E-state index is 0.241. The van der Waals surface area contributed by atoms with E-state index in [0.717, 1.165) is 0 Å². The van der Waals surface area contributed by atoms with E-state index in [1.54, 1.807) is 10.8 Å². The monoisotopic (exact) mass is 183 g/mol. The van der Waals surface area contributed by atoms with E-state index >= 15 is 0 Å². The largest absolute Gasteiger partial charge is 0.384 e. The quantitative estimate of drug-likeness (QED) is 0.660. The average Bonchev–Trinajstić information content (AvgIpc) is 2.54. The first-order chi connectivity index (χ1) is 6.29. The van der Waals surface area contributed by atoms with Crippen molar-refractivity contribution in [2.75, 3.05) is 13.7 Å². The van der Waals surface area contributed by atoms with Gasteiger partial charge in [-0.05, 0) is 0 Å². The molecule has 0 saturated heterocycles. The zero-order valence-electron chi connectivity index (χ0n) is 7.55. The zero-order chi connectivity index (χ0) is 9.68. The summed E-state index contributed by atoms with van der Waals surface area (Å²) in [6.45, 7) is 4.36. The molecule has 0 spiro atoms. The number of aromatic nitrogens is 3. The minimum atomic E-state index is -0.681. The molecule has 0 aromatic carbocycles. The topological polar surface area (TPSA) is 60.2 Å². The zero-order valence-corrected chi connectivity index (χ0v) is 7.55. The van der Waals surface area contributed by atoms with Gasteiger partial charge in [0.2, 0.25) is 0 Å². The number of hydrogen-bond acceptors (Lipinski definition) is 4. The SMILES string of the molecule is C=CCn1nncc1[C@@H](O)COC. The minimum Gasteiger partial charge on any atom is -0.384 e. The van der Waals surface area contributed by atoms with Gasteiger partial charge in [0, 0.05) is 7.11 Å². The Morgan fingerprint density at radius 1 is 1.85 bits per heavy atom. The van der Waals surface area contributed by atoms with Crippen molar-refractivity contribution in [3.63, 3.8) is 0 Å². The lowest BCUT2D eigenvalue weighted by molar-refractivity contribution is 0.0589. The van der Waals surface area contributed by atoms with Crippen LogP contribution in [0.15, 0.2) is 18.9 Å². The summed E-state index contributed by atoms with van der Waals surface area (Å²) in [6, 6.07) is 0. The first-order valence-corrected chi connectivity index (χ1v) is 3.96. The standard InChI is InChI=1S/C8H13N3O2/c1-3-4-11-7(5-9-10-11)8(12)6-13-2/h3,5,8,12H,1,4,6H2,2H3/t8-/m0/s1. The van der Waals surface area contributed by atoms with E-state index in [1.807, 2.05) is 0 Å². The van der Waals surface area contributed by atoms with Crippen molar-refractivity contribution in [3.05, 3.63) is 24.5 Å². The molecule has 0 aliphatic heterocycles. The number of aliphatic hydroxyl groups excluding tert-OH is 1. The summed E-state index contributed by atoms with van der Waals surface area (Å²) in [5.41, 5.74) is 0.641. The molecule has 1 aromatic heterocycles. The van der Waals surface area contributed by atoms with Gasteiger partial charge in [0.25, 0.3) is 0 Å². The fourth-order valence-corrected chi connectivity index (χ4v) is 1.03. The average molecular weight is 183 g/mol. The highest BCUT2D eigenvalue weighted by molar-refractivity contribution is 4.99. The van der Waals surface area contributed by atoms with Gasteiger partial charge in [-0.1, -0.05) is 11.3 Å². The Hall–Kier alpha value is -1.20. The molecule has 0 amide bonds. The predicted molar refractivity (Wildman–Crippen MR) is 47.1 cm³/mol. The fraction of sp³-hybridized carbons (Fsp3) is 0.500. The first-order valence-electron chi connectivity index (χ1n) is 3.96. The fourth-order valence-electron chi connectivity index (χ4n) is 1.03. The smallest absolute Gasteiger partial charge is 0.120 e. The number of nitrogens with zero attached hydrogens (tertiary/aromatic N) is 3. The molecule has 13 heavy (non-hydrogen) atoms. The summed E-state index contributed by atoms with van der Waals surface area (Å²) >= 11 is 0. The Bertz CT molecular complexity index is 272. The molecule has 1 heterocycles. The lowest BCUT2D eigenvalue weighted by Crippen LogP contribution is -2.12. The maximum atomic E-state index is 9.56. The lowest BCUT2D eigenvalue weighted by atomic mass is 10.3. The number of ether oxygens (including phenoxy) is 1. The Kier molecular flexibility index (Phi) is 3.60. The van der Waals surface area contributed by atoms with Crippen LogP contribution in [-0.4, -0.2) is 33.8 Å². The molecule has 0 radical (unpaired) electrons. The highest BCUT2D eigenvalue weighted by Gasteiger charge is 2.12. The van der Waals surface area contributed by atoms with Crippen molar-refractivity contribution in [1.29, 1.82) is 0 Å². The molecule has 0 unspecified atom stereocenters. The summed E-state index contributed by atoms with van der Waals surface area (Å²) in [7, 11) is 1.53. The highest BCUT2D eigenvalue weighted by Crippen LogP contribution is 2.10. The lowest BCUT2D eigenvalue weighted by Gasteiger charge is -2.09. The van der Waals surface area contributed by atoms with Crippen molar-refractivity contribution in [3.8, 4) is 0 Å². The number of methoxy groups -OCH3 is 1. The summed E-state index contributed by atoms with van der Waals surface area (Å²) < 4.78 is 6.40. The summed E-state index contributed by atoms with van der Waals surface area (Å²) in [5.74, 6) is 0. The molecule has 1 rings (SSSR count). The normalized spacial score (nSPS) is 12.8. The maximum Gasteiger partial charge on any atom is 0.120 e. The van der Waals surface area contributed by atoms with Gasteiger partial charge in [0.15, 0.2) is 0 Å². The molecule has 5 heteroatoms. The van der Waals surface area contributed by atoms with Crippen LogP contribution in [0.5, 0.6) is 0 Å². The number of rotatable bonds is 5. The van der Waals surface area contributed by atoms with Gasteiger partial charge < -0.3 is 9.84 Å². The van der Waals surface area contributed by atoms with Gasteiger partial charge in [-0.15, -0.1) is 11.7 Å². The van der Waals surface area contributed by atoms with Gasteiger partial charge in [0.1, 0.15) is 6.10 Å². The van der Waals surface area contributed by atoms with Crippen LogP contribution < -0.4 is 0 Å². The van der Waals surface area contributed by atoms with E-state index in [-0.39, 0.29) is 6.61 Å². The Labute approximate surface area is 76.6 Å². The molecule has 0 aliphatic rings. The van der Waals surface area contributed by atoms with Crippen molar-refractivity contribution in [1.82, 2.24) is 15.0 Å². The van der Waals surface area contributed by atoms with Gasteiger partial charge >= 0.3 is 0 Å². The van der Waals surface area contributed by atoms with Crippen LogP contribution in [-0.2, 0) is 11.3 Å². The predicted octanol–water partition coefficient (Wildman–Crippen LogP) is 0.144. The van der Waals surface area contributed by atoms with Crippen LogP contribution in [0.1, 0.15) is 11.8 Å². The van der Waals surface area contributed by atoms with Crippen LogP contribution in [0.2, 0.25) is 0 Å². The van der Waals surface area contributed by atoms with Gasteiger partial charge in [-0.3, -0.25) is 0 Å². The van der Waals surface area contributed by atoms with Crippen LogP contribution in [0.3, 0.4) is 0 Å². The molecule has 0 aliphatic carbocycles. The molecule has 0 fully saturated rings. The van der Waals surface area contributed by atoms with E-state index in [4.69, 9.17) is 4.74 Å². The first kappa shape index (κ1) is 9.88. The summed E-state index contributed by atoms with van der Waals surface area (Å²) in [5, 5.41) is 17.0. The Balaban J connectivity index is 2.73. The Morgan fingerprint density at radius 2 is 2.62 bits per heavy atom. The molecular weight excluding hydrogens is 170 g/mol. The molecule has 5 nitrogen and oxygen atoms in total. The Morgan fingerprint density at radius 3 is 3.23 bits per heavy atom. The van der Waals surface area contributed by atoms with Crippen molar-refractivity contribution >= 4 is 0 Å². The van der Waals surface area contributed by atoms with E-state index in [9.17, 15) is 5.11 Å². The number of allylic oxidation sites excluding steroid dienone is 1. The molecular formula is C8H13N3O2. The van der Waals surface area contributed by atoms with E-state index in [1.165, 1.54) is 13.3 Å². The van der Waals surface area contributed by atoms with Gasteiger partial charge in [-0.2, -0.15) is 0 Å². The van der Waals surface area contributed by atoms with Gasteiger partial charge in [0.05, 0.1) is 25.0 Å². The second-order valence-corrected chi connectivity index (χ2v) is 2.60. The second kappa shape index (κ2) is 4.74. The maximum absolute atomic E-state index is 9.56. The van der Waals surface area contributed by atoms with Gasteiger partial charge in [-0.25, -0.2) is 4.68 Å². The van der Waals surface area contributed by atoms with E-state index in [0.29, 0.717) is 12.2 Å². The summed E-state index contributed by atoms with van der Waals surface area (Å²) in [6.07, 6.45) is 2.53. The molecule has 1 N–H and O–H groups in total. The van der Waals surface area contributed by atoms with E-state index < -0.39 is 6.10 Å². The molecule has 1 atom stereocenters. The van der Waals surface area contributed by atoms with Crippen LogP contribution in [0.4, 0.5) is 0 Å². The van der Waals surface area contributed by atoms with Crippen LogP contribution in [0, 0.1) is 0 Å². The van der Waals surface area contributed by atoms with Crippen LogP contribution >= 0.6 is 0 Å². The van der Waals surface area contributed by atoms with Crippen molar-refractivity contribution in [2.24, 2.45) is 0 Å². The van der Waals surface area contributed by atoms with Crippen molar-refractivity contribution in [2.45, 2.75) is 12.6 Å². The number of hydrogen-bond donors (Lipinski definition) is 1. The third kappa shape index (κ3) is 2.37. The highest BCUT2D eigenvalue weighted by atomic mass is 16.5. The third-order valence-corrected chi connectivity index (χ3v) is 1.62. The molecule has 0 saturated carbocycles. The number of aliphatic hydroxyl groups is 1. The molecule has 72 valence electrons.